The van der Waals surface area contributed by atoms with Gasteiger partial charge in [0, 0.05) is 22.1 Å². The van der Waals surface area contributed by atoms with Gasteiger partial charge in [0.25, 0.3) is 0 Å². The Morgan fingerprint density at radius 2 is 2.00 bits per heavy atom. The van der Waals surface area contributed by atoms with Gasteiger partial charge in [-0.3, -0.25) is 9.59 Å². The molecule has 0 saturated carbocycles. The first kappa shape index (κ1) is 20.6. The summed E-state index contributed by atoms with van der Waals surface area (Å²) in [6, 6.07) is 14.6. The molecule has 6 nitrogen and oxygen atoms in total. The summed E-state index contributed by atoms with van der Waals surface area (Å²) in [4.78, 5) is 23.8. The minimum atomic E-state index is -1.05. The molecule has 30 heavy (non-hydrogen) atoms. The van der Waals surface area contributed by atoms with Crippen molar-refractivity contribution in [3.63, 3.8) is 0 Å². The summed E-state index contributed by atoms with van der Waals surface area (Å²) < 4.78 is 14.0. The van der Waals surface area contributed by atoms with Crippen LogP contribution in [-0.4, -0.2) is 38.9 Å². The second-order valence-electron chi connectivity index (χ2n) is 6.92. The van der Waals surface area contributed by atoms with Crippen LogP contribution in [0, 0.1) is 11.7 Å². The lowest BCUT2D eigenvalue weighted by atomic mass is 9.91. The number of nitrogens with zero attached hydrogens (tertiary/aromatic N) is 2. The molecule has 2 aliphatic rings. The Kier molecular flexibility index (Phi) is 6.19. The quantitative estimate of drug-likeness (QED) is 0.690. The fourth-order valence-electron chi connectivity index (χ4n) is 3.35. The van der Waals surface area contributed by atoms with Crippen LogP contribution >= 0.6 is 23.5 Å². The third-order valence-corrected chi connectivity index (χ3v) is 7.06. The fraction of sp³-hybridized carbons (Fsp3) is 0.238. The molecule has 2 aromatic carbocycles. The van der Waals surface area contributed by atoms with E-state index >= 15 is 0 Å². The number of thioether (sulfide) groups is 2. The zero-order chi connectivity index (χ0) is 21.1. The summed E-state index contributed by atoms with van der Waals surface area (Å²) in [7, 11) is 0. The lowest BCUT2D eigenvalue weighted by molar-refractivity contribution is -0.138. The van der Waals surface area contributed by atoms with Gasteiger partial charge in [0.1, 0.15) is 11.1 Å². The van der Waals surface area contributed by atoms with E-state index in [2.05, 4.69) is 15.5 Å². The number of halogens is 1. The van der Waals surface area contributed by atoms with Gasteiger partial charge in [-0.05, 0) is 30.2 Å². The number of carbonyl (C=O) groups excluding carboxylic acids is 1. The summed E-state index contributed by atoms with van der Waals surface area (Å²) in [6.07, 6.45) is 0.446. The molecule has 0 bridgehead atoms. The molecular weight excluding hydrogens is 425 g/mol. The maximum atomic E-state index is 14.0. The summed E-state index contributed by atoms with van der Waals surface area (Å²) in [5.41, 5.74) is 2.51. The molecule has 0 aromatic heterocycles. The Morgan fingerprint density at radius 3 is 2.77 bits per heavy atom. The largest absolute Gasteiger partial charge is 0.481 e. The van der Waals surface area contributed by atoms with Gasteiger partial charge in [-0.15, -0.1) is 16.9 Å². The van der Waals surface area contributed by atoms with E-state index in [-0.39, 0.29) is 23.3 Å². The number of aliphatic carboxylic acids is 1. The van der Waals surface area contributed by atoms with Crippen LogP contribution in [0.2, 0.25) is 0 Å². The number of rotatable bonds is 5. The number of carbonyl (C=O) groups is 2. The van der Waals surface area contributed by atoms with Crippen LogP contribution in [0.1, 0.15) is 17.5 Å². The van der Waals surface area contributed by atoms with Gasteiger partial charge in [-0.25, -0.2) is 4.39 Å². The van der Waals surface area contributed by atoms with Crippen molar-refractivity contribution in [3.05, 3.63) is 65.5 Å². The van der Waals surface area contributed by atoms with Gasteiger partial charge >= 0.3 is 5.97 Å². The summed E-state index contributed by atoms with van der Waals surface area (Å²) >= 11 is 2.71. The number of benzene rings is 2. The van der Waals surface area contributed by atoms with E-state index in [1.807, 2.05) is 30.3 Å². The molecule has 1 saturated heterocycles. The SMILES string of the molecule is O=C(O)CC1S/C(=N\N=C2/c3cc(F)ccc3SCC2Cc2ccccc2)NC1=O. The summed E-state index contributed by atoms with van der Waals surface area (Å²) in [6.45, 7) is 0. The van der Waals surface area contributed by atoms with E-state index in [0.717, 1.165) is 34.4 Å². The first-order chi connectivity index (χ1) is 14.5. The minimum Gasteiger partial charge on any atom is -0.481 e. The zero-order valence-corrected chi connectivity index (χ0v) is 17.4. The van der Waals surface area contributed by atoms with E-state index in [4.69, 9.17) is 5.11 Å². The zero-order valence-electron chi connectivity index (χ0n) is 15.7. The lowest BCUT2D eigenvalue weighted by Crippen LogP contribution is -2.27. The number of carboxylic acids is 1. The number of hydrogen-bond acceptors (Lipinski definition) is 6. The van der Waals surface area contributed by atoms with E-state index in [1.54, 1.807) is 17.8 Å². The van der Waals surface area contributed by atoms with Gasteiger partial charge in [0.05, 0.1) is 12.1 Å². The molecular formula is C21H18FN3O3S2. The molecule has 1 fully saturated rings. The van der Waals surface area contributed by atoms with Crippen molar-refractivity contribution in [1.29, 1.82) is 0 Å². The molecule has 2 unspecified atom stereocenters. The second-order valence-corrected chi connectivity index (χ2v) is 9.18. The van der Waals surface area contributed by atoms with Crippen LogP contribution < -0.4 is 5.32 Å². The second kappa shape index (κ2) is 9.01. The first-order valence-corrected chi connectivity index (χ1v) is 11.2. The minimum absolute atomic E-state index is 0.0213. The van der Waals surface area contributed by atoms with E-state index in [9.17, 15) is 14.0 Å². The van der Waals surface area contributed by atoms with Gasteiger partial charge in [-0.1, -0.05) is 42.1 Å². The summed E-state index contributed by atoms with van der Waals surface area (Å²) in [5.74, 6) is -0.994. The number of hydrogen-bond donors (Lipinski definition) is 2. The van der Waals surface area contributed by atoms with Gasteiger partial charge in [-0.2, -0.15) is 5.10 Å². The van der Waals surface area contributed by atoms with Crippen molar-refractivity contribution < 1.29 is 19.1 Å². The molecule has 2 heterocycles. The molecule has 0 spiro atoms. The van der Waals surface area contributed by atoms with Crippen molar-refractivity contribution in [2.24, 2.45) is 16.1 Å². The molecule has 2 N–H and O–H groups in total. The van der Waals surface area contributed by atoms with Crippen molar-refractivity contribution in [2.75, 3.05) is 5.75 Å². The topological polar surface area (TPSA) is 91.1 Å². The highest BCUT2D eigenvalue weighted by Crippen LogP contribution is 2.35. The molecule has 2 atom stereocenters. The Hall–Kier alpha value is -2.65. The van der Waals surface area contributed by atoms with Crippen LogP contribution in [0.15, 0.2) is 63.6 Å². The number of carboxylic acid groups (broad SMARTS) is 1. The third-order valence-electron chi connectivity index (χ3n) is 4.75. The van der Waals surface area contributed by atoms with Gasteiger partial charge < -0.3 is 10.4 Å². The number of nitrogens with one attached hydrogen (secondary N) is 1. The highest BCUT2D eigenvalue weighted by molar-refractivity contribution is 8.15. The Balaban J connectivity index is 1.65. The average Bonchev–Trinajstić information content (AvgIpc) is 3.06. The molecule has 4 rings (SSSR count). The van der Waals surface area contributed by atoms with E-state index in [1.165, 1.54) is 12.1 Å². The molecule has 0 aliphatic carbocycles. The van der Waals surface area contributed by atoms with Crippen molar-refractivity contribution in [1.82, 2.24) is 5.32 Å². The molecule has 9 heteroatoms. The van der Waals surface area contributed by atoms with Crippen molar-refractivity contribution in [3.8, 4) is 0 Å². The lowest BCUT2D eigenvalue weighted by Gasteiger charge is -2.25. The molecule has 154 valence electrons. The highest BCUT2D eigenvalue weighted by Gasteiger charge is 2.33. The smallest absolute Gasteiger partial charge is 0.305 e. The Morgan fingerprint density at radius 1 is 1.20 bits per heavy atom. The standard InChI is InChI=1S/C21H18FN3O3S2/c22-14-6-7-16-15(9-14)19(13(11-29-16)8-12-4-2-1-3-5-12)24-25-21-23-20(28)17(30-21)10-18(26)27/h1-7,9,13,17H,8,10-11H2,(H,26,27)(H,23,25,28)/b24-19-. The summed E-state index contributed by atoms with van der Waals surface area (Å²) in [5, 5.41) is 19.6. The third kappa shape index (κ3) is 4.73. The maximum absolute atomic E-state index is 14.0. The van der Waals surface area contributed by atoms with Crippen LogP contribution in [0.3, 0.4) is 0 Å². The normalized spacial score (nSPS) is 23.4. The molecule has 0 radical (unpaired) electrons. The van der Waals surface area contributed by atoms with Crippen molar-refractivity contribution >= 4 is 46.3 Å². The van der Waals surface area contributed by atoms with Crippen LogP contribution in [0.25, 0.3) is 0 Å². The highest BCUT2D eigenvalue weighted by atomic mass is 32.2. The van der Waals surface area contributed by atoms with Crippen LogP contribution in [-0.2, 0) is 16.0 Å². The van der Waals surface area contributed by atoms with Gasteiger partial charge in [0.15, 0.2) is 5.17 Å². The number of amides is 1. The molecule has 2 aromatic rings. The predicted octanol–water partition coefficient (Wildman–Crippen LogP) is 3.56. The Labute approximate surface area is 181 Å². The van der Waals surface area contributed by atoms with Crippen molar-refractivity contribution in [2.45, 2.75) is 23.0 Å². The molecule has 2 aliphatic heterocycles. The monoisotopic (exact) mass is 443 g/mol. The number of fused-ring (bicyclic) bond motifs is 1. The fourth-order valence-corrected chi connectivity index (χ4v) is 5.40. The van der Waals surface area contributed by atoms with Crippen LogP contribution in [0.5, 0.6) is 0 Å². The Bertz CT molecular complexity index is 1040. The van der Waals surface area contributed by atoms with Crippen LogP contribution in [0.4, 0.5) is 4.39 Å². The van der Waals surface area contributed by atoms with Gasteiger partial charge in [0.2, 0.25) is 5.91 Å². The molecule has 1 amide bonds. The van der Waals surface area contributed by atoms with E-state index in [0.29, 0.717) is 11.3 Å². The average molecular weight is 444 g/mol. The maximum Gasteiger partial charge on any atom is 0.305 e. The first-order valence-electron chi connectivity index (χ1n) is 9.31. The van der Waals surface area contributed by atoms with E-state index < -0.39 is 17.1 Å². The number of amidine groups is 1. The predicted molar refractivity (Wildman–Crippen MR) is 117 cm³/mol.